The summed E-state index contributed by atoms with van der Waals surface area (Å²) in [6.45, 7) is -0.584. The number of carbonyl (C=O) groups is 3. The molecule has 0 aliphatic rings. The Kier molecular flexibility index (Phi) is 8.11. The SMILES string of the molecule is O=C(O)CNC(=O)c1ccc(NC(=O)CC(P(=O)(O)O)P(=O)(O)O)cc1I. The normalized spacial score (nSPS) is 11.9. The van der Waals surface area contributed by atoms with Crippen molar-refractivity contribution in [1.82, 2.24) is 5.32 Å². The van der Waals surface area contributed by atoms with E-state index in [4.69, 9.17) is 24.7 Å². The second kappa shape index (κ2) is 9.24. The molecule has 0 fully saturated rings. The van der Waals surface area contributed by atoms with E-state index in [1.807, 2.05) is 0 Å². The minimum absolute atomic E-state index is 0.106. The Bertz CT molecular complexity index is 827. The molecule has 15 heteroatoms. The molecule has 0 aliphatic heterocycles. The maximum absolute atomic E-state index is 11.9. The van der Waals surface area contributed by atoms with Crippen molar-refractivity contribution in [3.63, 3.8) is 0 Å². The summed E-state index contributed by atoms with van der Waals surface area (Å²) >= 11 is 1.75. The number of anilines is 1. The molecule has 7 N–H and O–H groups in total. The number of amides is 2. The van der Waals surface area contributed by atoms with Crippen molar-refractivity contribution in [1.29, 1.82) is 0 Å². The molecule has 0 aliphatic carbocycles. The molecule has 0 saturated heterocycles. The van der Waals surface area contributed by atoms with Gasteiger partial charge in [0.2, 0.25) is 5.91 Å². The van der Waals surface area contributed by atoms with E-state index >= 15 is 0 Å². The molecule has 27 heavy (non-hydrogen) atoms. The Morgan fingerprint density at radius 3 is 2.07 bits per heavy atom. The third-order valence-electron chi connectivity index (χ3n) is 3.04. The van der Waals surface area contributed by atoms with Crippen molar-refractivity contribution in [2.24, 2.45) is 0 Å². The highest BCUT2D eigenvalue weighted by Crippen LogP contribution is 2.61. The highest BCUT2D eigenvalue weighted by atomic mass is 127. The van der Waals surface area contributed by atoms with Gasteiger partial charge in [-0.25, -0.2) is 0 Å². The van der Waals surface area contributed by atoms with Gasteiger partial charge in [-0.3, -0.25) is 23.5 Å². The van der Waals surface area contributed by atoms with Gasteiger partial charge in [-0.15, -0.1) is 0 Å². The maximum atomic E-state index is 11.9. The van der Waals surface area contributed by atoms with Crippen LogP contribution in [0.5, 0.6) is 0 Å². The Labute approximate surface area is 165 Å². The fraction of sp³-hybridized carbons (Fsp3) is 0.250. The zero-order valence-electron chi connectivity index (χ0n) is 13.3. The van der Waals surface area contributed by atoms with Crippen LogP contribution in [0.4, 0.5) is 5.69 Å². The molecule has 2 amide bonds. The van der Waals surface area contributed by atoms with Gasteiger partial charge in [0.1, 0.15) is 6.54 Å². The number of carboxylic acids is 1. The maximum Gasteiger partial charge on any atom is 0.341 e. The van der Waals surface area contributed by atoms with E-state index in [2.05, 4.69) is 10.6 Å². The zero-order valence-corrected chi connectivity index (χ0v) is 17.2. The van der Waals surface area contributed by atoms with Crippen LogP contribution in [0.15, 0.2) is 18.2 Å². The average molecular weight is 536 g/mol. The molecule has 0 spiro atoms. The molecule has 1 rings (SSSR count). The highest BCUT2D eigenvalue weighted by molar-refractivity contribution is 14.1. The van der Waals surface area contributed by atoms with E-state index in [1.165, 1.54) is 18.2 Å². The van der Waals surface area contributed by atoms with E-state index < -0.39 is 51.3 Å². The number of carboxylic acid groups (broad SMARTS) is 1. The van der Waals surface area contributed by atoms with Gasteiger partial charge in [-0.05, 0) is 40.8 Å². The van der Waals surface area contributed by atoms with Crippen LogP contribution >= 0.6 is 37.8 Å². The number of hydrogen-bond acceptors (Lipinski definition) is 5. The van der Waals surface area contributed by atoms with E-state index in [9.17, 15) is 23.5 Å². The summed E-state index contributed by atoms with van der Waals surface area (Å²) in [7, 11) is -10.5. The fourth-order valence-corrected chi connectivity index (χ4v) is 4.97. The van der Waals surface area contributed by atoms with Crippen molar-refractivity contribution in [3.05, 3.63) is 27.3 Å². The topological polar surface area (TPSA) is 211 Å². The van der Waals surface area contributed by atoms with Crippen LogP contribution in [0, 0.1) is 3.57 Å². The van der Waals surface area contributed by atoms with Crippen LogP contribution < -0.4 is 10.6 Å². The Morgan fingerprint density at radius 1 is 1.07 bits per heavy atom. The molecule has 0 unspecified atom stereocenters. The molecule has 0 bridgehead atoms. The van der Waals surface area contributed by atoms with Crippen molar-refractivity contribution in [2.75, 3.05) is 11.9 Å². The van der Waals surface area contributed by atoms with Gasteiger partial charge in [0.15, 0.2) is 5.40 Å². The quantitative estimate of drug-likeness (QED) is 0.176. The summed E-state index contributed by atoms with van der Waals surface area (Å²) in [5.41, 5.74) is 0.229. The summed E-state index contributed by atoms with van der Waals surface area (Å²) in [5.74, 6) is -2.94. The fourth-order valence-electron chi connectivity index (χ4n) is 1.84. The van der Waals surface area contributed by atoms with E-state index in [-0.39, 0.29) is 11.3 Å². The predicted octanol–water partition coefficient (Wildman–Crippen LogP) is 0.116. The standard InChI is InChI=1S/C12H15IN2O10P2/c13-8-3-6(1-2-7(8)12(19)14-5-10(17)18)15-9(16)4-11(26(20,21)22)27(23,24)25/h1-3,11H,4-5H2,(H,14,19)(H,15,16)(H,17,18)(H2,20,21,22)(H2,23,24,25). The molecule has 0 aromatic heterocycles. The monoisotopic (exact) mass is 536 g/mol. The molecule has 1 aromatic carbocycles. The first kappa shape index (κ1) is 23.7. The lowest BCUT2D eigenvalue weighted by atomic mass is 10.2. The lowest BCUT2D eigenvalue weighted by molar-refractivity contribution is -0.135. The van der Waals surface area contributed by atoms with Crippen molar-refractivity contribution < 1.29 is 48.2 Å². The molecule has 12 nitrogen and oxygen atoms in total. The van der Waals surface area contributed by atoms with Crippen LogP contribution in [-0.4, -0.2) is 54.4 Å². The first-order valence-corrected chi connectivity index (χ1v) is 11.4. The van der Waals surface area contributed by atoms with Crippen LogP contribution in [-0.2, 0) is 18.7 Å². The van der Waals surface area contributed by atoms with Crippen LogP contribution in [0.2, 0.25) is 0 Å². The van der Waals surface area contributed by atoms with Gasteiger partial charge in [0.25, 0.3) is 5.91 Å². The number of hydrogen-bond donors (Lipinski definition) is 7. The third-order valence-corrected chi connectivity index (χ3v) is 7.66. The molecule has 0 heterocycles. The van der Waals surface area contributed by atoms with Crippen LogP contribution in [0.1, 0.15) is 16.8 Å². The lowest BCUT2D eigenvalue weighted by Crippen LogP contribution is -2.29. The van der Waals surface area contributed by atoms with Crippen LogP contribution in [0.25, 0.3) is 0 Å². The average Bonchev–Trinajstić information content (AvgIpc) is 2.48. The van der Waals surface area contributed by atoms with Gasteiger partial charge < -0.3 is 35.3 Å². The van der Waals surface area contributed by atoms with Crippen LogP contribution in [0.3, 0.4) is 0 Å². The summed E-state index contributed by atoms with van der Waals surface area (Å²) in [5, 5.41) is 10.4. The van der Waals surface area contributed by atoms with Gasteiger partial charge in [0, 0.05) is 9.26 Å². The molecule has 0 saturated carbocycles. The number of nitrogens with one attached hydrogen (secondary N) is 2. The van der Waals surface area contributed by atoms with Gasteiger partial charge in [0.05, 0.1) is 12.0 Å². The molecule has 150 valence electrons. The van der Waals surface area contributed by atoms with Crippen molar-refractivity contribution >= 4 is 61.3 Å². The van der Waals surface area contributed by atoms with E-state index in [1.54, 1.807) is 22.6 Å². The first-order chi connectivity index (χ1) is 12.2. The minimum atomic E-state index is -5.23. The Morgan fingerprint density at radius 2 is 1.63 bits per heavy atom. The smallest absolute Gasteiger partial charge is 0.341 e. The van der Waals surface area contributed by atoms with Gasteiger partial charge in [-0.2, -0.15) is 0 Å². The molecule has 0 atom stereocenters. The molecular formula is C12H15IN2O10P2. The largest absolute Gasteiger partial charge is 0.480 e. The summed E-state index contributed by atoms with van der Waals surface area (Å²) in [4.78, 5) is 70.2. The number of halogens is 1. The molecule has 0 radical (unpaired) electrons. The zero-order chi connectivity index (χ0) is 21.0. The van der Waals surface area contributed by atoms with Crippen molar-refractivity contribution in [3.8, 4) is 0 Å². The van der Waals surface area contributed by atoms with E-state index in [0.717, 1.165) is 0 Å². The number of aliphatic carboxylic acids is 1. The number of benzene rings is 1. The lowest BCUT2D eigenvalue weighted by Gasteiger charge is -2.19. The molecule has 1 aromatic rings. The minimum Gasteiger partial charge on any atom is -0.480 e. The van der Waals surface area contributed by atoms with Gasteiger partial charge in [-0.1, -0.05) is 0 Å². The second-order valence-electron chi connectivity index (χ2n) is 5.18. The Hall–Kier alpha value is -1.34. The molecular weight excluding hydrogens is 521 g/mol. The van der Waals surface area contributed by atoms with Crippen molar-refractivity contribution in [2.45, 2.75) is 11.8 Å². The van der Waals surface area contributed by atoms with E-state index in [0.29, 0.717) is 3.57 Å². The summed E-state index contributed by atoms with van der Waals surface area (Å²) in [6, 6.07) is 3.86. The number of carbonyl (C=O) groups excluding carboxylic acids is 2. The highest BCUT2D eigenvalue weighted by Gasteiger charge is 2.44. The summed E-state index contributed by atoms with van der Waals surface area (Å²) < 4.78 is 22.7. The second-order valence-corrected chi connectivity index (χ2v) is 10.4. The summed E-state index contributed by atoms with van der Waals surface area (Å²) in [6.07, 6.45) is -1.12. The first-order valence-electron chi connectivity index (χ1n) is 6.91. The third kappa shape index (κ3) is 7.66. The Balaban J connectivity index is 2.88. The predicted molar refractivity (Wildman–Crippen MR) is 100 cm³/mol. The van der Waals surface area contributed by atoms with Gasteiger partial charge >= 0.3 is 21.2 Å². The number of rotatable bonds is 8.